The van der Waals surface area contributed by atoms with Gasteiger partial charge in [-0.25, -0.2) is 0 Å². The summed E-state index contributed by atoms with van der Waals surface area (Å²) in [5, 5.41) is 6.31. The van der Waals surface area contributed by atoms with Crippen LogP contribution < -0.4 is 15.4 Å². The molecule has 3 aromatic carbocycles. The topological polar surface area (TPSA) is 67.4 Å². The van der Waals surface area contributed by atoms with Crippen LogP contribution in [0.2, 0.25) is 10.0 Å². The Kier molecular flexibility index (Phi) is 6.79. The minimum atomic E-state index is -0.391. The number of benzene rings is 3. The zero-order valence-corrected chi connectivity index (χ0v) is 18.2. The van der Waals surface area contributed by atoms with Gasteiger partial charge in [0.15, 0.2) is 0 Å². The van der Waals surface area contributed by atoms with Gasteiger partial charge in [0.05, 0.1) is 23.5 Å². The Morgan fingerprint density at radius 3 is 2.14 bits per heavy atom. The van der Waals surface area contributed by atoms with Gasteiger partial charge in [-0.3, -0.25) is 9.59 Å². The molecule has 8 heteroatoms. The number of carbonyl (C=O) groups is 2. The first-order chi connectivity index (χ1) is 13.9. The van der Waals surface area contributed by atoms with E-state index in [1.165, 1.54) is 13.2 Å². The maximum atomic E-state index is 12.6. The van der Waals surface area contributed by atoms with Crippen LogP contribution in [0.1, 0.15) is 20.7 Å². The van der Waals surface area contributed by atoms with E-state index in [0.717, 1.165) is 4.47 Å². The van der Waals surface area contributed by atoms with Gasteiger partial charge in [0.25, 0.3) is 11.8 Å². The van der Waals surface area contributed by atoms with E-state index in [0.29, 0.717) is 38.3 Å². The second kappa shape index (κ2) is 9.31. The number of ether oxygens (including phenoxy) is 1. The summed E-state index contributed by atoms with van der Waals surface area (Å²) in [4.78, 5) is 25.0. The molecule has 2 N–H and O–H groups in total. The Labute approximate surface area is 186 Å². The van der Waals surface area contributed by atoms with Crippen molar-refractivity contribution < 1.29 is 14.3 Å². The predicted molar refractivity (Wildman–Crippen MR) is 120 cm³/mol. The molecule has 0 spiro atoms. The van der Waals surface area contributed by atoms with E-state index >= 15 is 0 Å². The number of hydrogen-bond donors (Lipinski definition) is 2. The molecule has 29 heavy (non-hydrogen) atoms. The molecule has 5 nitrogen and oxygen atoms in total. The number of nitrogens with one attached hydrogen (secondary N) is 2. The summed E-state index contributed by atoms with van der Waals surface area (Å²) in [6.45, 7) is 0. The summed E-state index contributed by atoms with van der Waals surface area (Å²) in [5.41, 5.74) is 1.67. The van der Waals surface area contributed by atoms with Crippen molar-refractivity contribution in [2.75, 3.05) is 17.7 Å². The third-order valence-corrected chi connectivity index (χ3v) is 5.09. The number of halogens is 3. The third-order valence-electron chi connectivity index (χ3n) is 3.99. The van der Waals surface area contributed by atoms with Gasteiger partial charge in [0.1, 0.15) is 5.75 Å². The van der Waals surface area contributed by atoms with Gasteiger partial charge in [-0.1, -0.05) is 39.1 Å². The van der Waals surface area contributed by atoms with Crippen LogP contribution in [-0.4, -0.2) is 18.9 Å². The van der Waals surface area contributed by atoms with Gasteiger partial charge in [0, 0.05) is 20.6 Å². The minimum Gasteiger partial charge on any atom is -0.495 e. The first-order valence-corrected chi connectivity index (χ1v) is 9.93. The van der Waals surface area contributed by atoms with Crippen molar-refractivity contribution >= 4 is 62.3 Å². The van der Waals surface area contributed by atoms with Crippen molar-refractivity contribution in [3.63, 3.8) is 0 Å². The number of methoxy groups -OCH3 is 1. The highest BCUT2D eigenvalue weighted by atomic mass is 79.9. The first-order valence-electron chi connectivity index (χ1n) is 8.39. The lowest BCUT2D eigenvalue weighted by molar-refractivity contribution is 0.102. The van der Waals surface area contributed by atoms with E-state index in [4.69, 9.17) is 27.9 Å². The summed E-state index contributed by atoms with van der Waals surface area (Å²) in [6.07, 6.45) is 0. The van der Waals surface area contributed by atoms with Crippen LogP contribution in [0.15, 0.2) is 65.1 Å². The van der Waals surface area contributed by atoms with Gasteiger partial charge in [-0.15, -0.1) is 0 Å². The molecular weight excluding hydrogens is 479 g/mol. The maximum absolute atomic E-state index is 12.6. The van der Waals surface area contributed by atoms with Crippen LogP contribution in [0.4, 0.5) is 11.4 Å². The van der Waals surface area contributed by atoms with Crippen molar-refractivity contribution in [2.45, 2.75) is 0 Å². The van der Waals surface area contributed by atoms with Crippen molar-refractivity contribution in [3.8, 4) is 5.75 Å². The number of anilines is 2. The molecule has 0 fully saturated rings. The molecule has 0 saturated heterocycles. The molecule has 0 aliphatic rings. The van der Waals surface area contributed by atoms with Gasteiger partial charge in [-0.2, -0.15) is 0 Å². The van der Waals surface area contributed by atoms with Crippen LogP contribution in [0.3, 0.4) is 0 Å². The normalized spacial score (nSPS) is 10.3. The van der Waals surface area contributed by atoms with Gasteiger partial charge in [0.2, 0.25) is 0 Å². The van der Waals surface area contributed by atoms with E-state index in [9.17, 15) is 9.59 Å². The molecule has 3 rings (SSSR count). The Bertz CT molecular complexity index is 1070. The second-order valence-electron chi connectivity index (χ2n) is 5.95. The first kappa shape index (κ1) is 21.2. The molecule has 0 atom stereocenters. The molecule has 148 valence electrons. The summed E-state index contributed by atoms with van der Waals surface area (Å²) in [6, 6.07) is 16.5. The maximum Gasteiger partial charge on any atom is 0.255 e. The second-order valence-corrected chi connectivity index (χ2v) is 7.71. The lowest BCUT2D eigenvalue weighted by atomic mass is 10.1. The van der Waals surface area contributed by atoms with Crippen molar-refractivity contribution in [1.82, 2.24) is 0 Å². The summed E-state index contributed by atoms with van der Waals surface area (Å²) in [7, 11) is 1.46. The summed E-state index contributed by atoms with van der Waals surface area (Å²) < 4.78 is 6.21. The highest BCUT2D eigenvalue weighted by molar-refractivity contribution is 9.10. The molecule has 3 aromatic rings. The van der Waals surface area contributed by atoms with Gasteiger partial charge < -0.3 is 15.4 Å². The third kappa shape index (κ3) is 5.29. The van der Waals surface area contributed by atoms with Crippen LogP contribution in [0.25, 0.3) is 0 Å². The molecular formula is C21H15BrCl2N2O3. The molecule has 0 heterocycles. The Morgan fingerprint density at radius 1 is 0.828 bits per heavy atom. The lowest BCUT2D eigenvalue weighted by Crippen LogP contribution is -2.15. The van der Waals surface area contributed by atoms with E-state index in [1.807, 2.05) is 0 Å². The average Bonchev–Trinajstić information content (AvgIpc) is 2.71. The van der Waals surface area contributed by atoms with Crippen LogP contribution in [0.5, 0.6) is 5.75 Å². The standard InChI is InChI=1S/C21H15BrCl2N2O3/c1-29-19-10-13(21(28)26-18-11-15(23)7-8-16(18)24)4-9-17(19)25-20(27)12-2-5-14(22)6-3-12/h2-11H,1H3,(H,25,27)(H,26,28). The highest BCUT2D eigenvalue weighted by Crippen LogP contribution is 2.29. The molecule has 0 aromatic heterocycles. The Balaban J connectivity index is 1.79. The SMILES string of the molecule is COc1cc(C(=O)Nc2cc(Cl)ccc2Cl)ccc1NC(=O)c1ccc(Br)cc1. The quantitative estimate of drug-likeness (QED) is 0.440. The van der Waals surface area contributed by atoms with Crippen LogP contribution in [0, 0.1) is 0 Å². The molecule has 0 radical (unpaired) electrons. The van der Waals surface area contributed by atoms with Crippen LogP contribution >= 0.6 is 39.1 Å². The fourth-order valence-corrected chi connectivity index (χ4v) is 3.12. The fraction of sp³-hybridized carbons (Fsp3) is 0.0476. The van der Waals surface area contributed by atoms with E-state index in [1.54, 1.807) is 54.6 Å². The van der Waals surface area contributed by atoms with E-state index < -0.39 is 5.91 Å². The van der Waals surface area contributed by atoms with Crippen molar-refractivity contribution in [2.24, 2.45) is 0 Å². The Morgan fingerprint density at radius 2 is 1.45 bits per heavy atom. The molecule has 0 aliphatic carbocycles. The monoisotopic (exact) mass is 492 g/mol. The summed E-state index contributed by atoms with van der Waals surface area (Å²) >= 11 is 15.4. The molecule has 2 amide bonds. The molecule has 0 saturated carbocycles. The number of amides is 2. The zero-order chi connectivity index (χ0) is 21.0. The fourth-order valence-electron chi connectivity index (χ4n) is 2.52. The smallest absolute Gasteiger partial charge is 0.255 e. The number of rotatable bonds is 5. The molecule has 0 bridgehead atoms. The van der Waals surface area contributed by atoms with Crippen LogP contribution in [-0.2, 0) is 0 Å². The number of hydrogen-bond acceptors (Lipinski definition) is 3. The Hall–Kier alpha value is -2.54. The van der Waals surface area contributed by atoms with E-state index in [2.05, 4.69) is 26.6 Å². The zero-order valence-electron chi connectivity index (χ0n) is 15.1. The molecule has 0 aliphatic heterocycles. The predicted octanol–water partition coefficient (Wildman–Crippen LogP) is 6.27. The highest BCUT2D eigenvalue weighted by Gasteiger charge is 2.14. The average molecular weight is 494 g/mol. The van der Waals surface area contributed by atoms with Crippen molar-refractivity contribution in [3.05, 3.63) is 86.3 Å². The molecule has 0 unspecified atom stereocenters. The van der Waals surface area contributed by atoms with Gasteiger partial charge >= 0.3 is 0 Å². The number of carbonyl (C=O) groups excluding carboxylic acids is 2. The van der Waals surface area contributed by atoms with Gasteiger partial charge in [-0.05, 0) is 60.7 Å². The van der Waals surface area contributed by atoms with Crippen molar-refractivity contribution in [1.29, 1.82) is 0 Å². The minimum absolute atomic E-state index is 0.293. The van der Waals surface area contributed by atoms with E-state index in [-0.39, 0.29) is 5.91 Å². The largest absolute Gasteiger partial charge is 0.495 e. The summed E-state index contributed by atoms with van der Waals surface area (Å²) in [5.74, 6) is -0.336. The lowest BCUT2D eigenvalue weighted by Gasteiger charge is -2.13.